The summed E-state index contributed by atoms with van der Waals surface area (Å²) >= 11 is 3.58. The number of nitrogens with zero attached hydrogens (tertiary/aromatic N) is 2. The van der Waals surface area contributed by atoms with Gasteiger partial charge in [0.15, 0.2) is 0 Å². The van der Waals surface area contributed by atoms with E-state index in [9.17, 15) is 4.79 Å². The highest BCUT2D eigenvalue weighted by atomic mass is 79.9. The van der Waals surface area contributed by atoms with E-state index in [1.807, 2.05) is 30.3 Å². The zero-order valence-corrected chi connectivity index (χ0v) is 15.6. The Hall–Kier alpha value is -1.37. The molecule has 2 fully saturated rings. The van der Waals surface area contributed by atoms with E-state index in [0.717, 1.165) is 48.1 Å². The maximum absolute atomic E-state index is 13.1. The van der Waals surface area contributed by atoms with Gasteiger partial charge in [-0.25, -0.2) is 0 Å². The molecule has 0 radical (unpaired) electrons. The Morgan fingerprint density at radius 2 is 1.92 bits per heavy atom. The number of fused-ring (bicyclic) bond motifs is 2. The van der Waals surface area contributed by atoms with Gasteiger partial charge in [-0.3, -0.25) is 9.89 Å². The zero-order valence-electron chi connectivity index (χ0n) is 13.2. The van der Waals surface area contributed by atoms with Gasteiger partial charge in [0.1, 0.15) is 11.4 Å². The second-order valence-electron chi connectivity index (χ2n) is 6.22. The fourth-order valence-corrected chi connectivity index (χ4v) is 4.28. The molecular weight excluding hydrogens is 392 g/mol. The molecule has 2 bridgehead atoms. The molecule has 4 rings (SSSR count). The first-order chi connectivity index (χ1) is 11.3. The maximum atomic E-state index is 13.1. The van der Waals surface area contributed by atoms with Gasteiger partial charge in [0.2, 0.25) is 0 Å². The molecule has 2 aromatic rings. The summed E-state index contributed by atoms with van der Waals surface area (Å²) in [6, 6.07) is 10.5. The van der Waals surface area contributed by atoms with Crippen LogP contribution < -0.4 is 5.32 Å². The molecule has 2 aliphatic rings. The molecule has 24 heavy (non-hydrogen) atoms. The first-order valence-corrected chi connectivity index (χ1v) is 8.87. The number of carbonyl (C=O) groups is 1. The van der Waals surface area contributed by atoms with Crippen molar-refractivity contribution in [3.63, 3.8) is 0 Å². The molecular formula is C17H20BrClN4O. The molecule has 0 saturated carbocycles. The molecule has 0 aliphatic carbocycles. The summed E-state index contributed by atoms with van der Waals surface area (Å²) in [5, 5.41) is 10.7. The number of aromatic nitrogens is 2. The molecule has 5 nitrogen and oxygen atoms in total. The quantitative estimate of drug-likeness (QED) is 0.797. The minimum absolute atomic E-state index is 0. The second-order valence-corrected chi connectivity index (χ2v) is 7.01. The van der Waals surface area contributed by atoms with Gasteiger partial charge in [-0.05, 0) is 41.7 Å². The number of amides is 1. The summed E-state index contributed by atoms with van der Waals surface area (Å²) in [6.07, 6.45) is 3.22. The Kier molecular flexibility index (Phi) is 5.27. The van der Waals surface area contributed by atoms with Crippen LogP contribution in [-0.2, 0) is 0 Å². The summed E-state index contributed by atoms with van der Waals surface area (Å²) in [7, 11) is 0. The average Bonchev–Trinajstić information content (AvgIpc) is 3.06. The van der Waals surface area contributed by atoms with E-state index in [1.54, 1.807) is 0 Å². The lowest BCUT2D eigenvalue weighted by Gasteiger charge is -2.27. The van der Waals surface area contributed by atoms with E-state index in [4.69, 9.17) is 0 Å². The topological polar surface area (TPSA) is 61.0 Å². The molecule has 1 aromatic carbocycles. The van der Waals surface area contributed by atoms with Crippen molar-refractivity contribution in [1.29, 1.82) is 0 Å². The number of H-pyrrole nitrogens is 1. The van der Waals surface area contributed by atoms with Crippen molar-refractivity contribution in [2.45, 2.75) is 31.3 Å². The lowest BCUT2D eigenvalue weighted by molar-refractivity contribution is 0.0673. The third-order valence-electron chi connectivity index (χ3n) is 4.86. The maximum Gasteiger partial charge on any atom is 0.273 e. The van der Waals surface area contributed by atoms with Gasteiger partial charge in [-0.1, -0.05) is 30.3 Å². The van der Waals surface area contributed by atoms with Gasteiger partial charge in [0, 0.05) is 24.2 Å². The predicted molar refractivity (Wildman–Crippen MR) is 99.4 cm³/mol. The van der Waals surface area contributed by atoms with E-state index < -0.39 is 0 Å². The van der Waals surface area contributed by atoms with Crippen LogP contribution >= 0.6 is 28.3 Å². The Morgan fingerprint density at radius 3 is 2.71 bits per heavy atom. The van der Waals surface area contributed by atoms with Crippen molar-refractivity contribution in [3.05, 3.63) is 40.5 Å². The molecule has 0 spiro atoms. The molecule has 128 valence electrons. The number of rotatable bonds is 2. The number of benzene rings is 1. The summed E-state index contributed by atoms with van der Waals surface area (Å²) in [4.78, 5) is 15.1. The number of carbonyl (C=O) groups excluding carboxylic acids is 1. The van der Waals surface area contributed by atoms with E-state index in [-0.39, 0.29) is 18.3 Å². The number of aromatic amines is 1. The van der Waals surface area contributed by atoms with Gasteiger partial charge in [0.25, 0.3) is 5.91 Å². The third-order valence-corrected chi connectivity index (χ3v) is 5.63. The van der Waals surface area contributed by atoms with Crippen LogP contribution in [0.5, 0.6) is 0 Å². The summed E-state index contributed by atoms with van der Waals surface area (Å²) < 4.78 is 0.755. The van der Waals surface area contributed by atoms with Crippen molar-refractivity contribution < 1.29 is 4.79 Å². The molecule has 2 atom stereocenters. The average molecular weight is 412 g/mol. The first-order valence-electron chi connectivity index (χ1n) is 8.08. The van der Waals surface area contributed by atoms with Crippen LogP contribution in [-0.4, -0.2) is 46.2 Å². The Labute approximate surface area is 155 Å². The molecule has 1 aromatic heterocycles. The van der Waals surface area contributed by atoms with Crippen LogP contribution in [0.4, 0.5) is 0 Å². The minimum Gasteiger partial charge on any atom is -0.330 e. The number of nitrogens with one attached hydrogen (secondary N) is 2. The van der Waals surface area contributed by atoms with Gasteiger partial charge in [-0.2, -0.15) is 5.10 Å². The van der Waals surface area contributed by atoms with Crippen LogP contribution in [0.3, 0.4) is 0 Å². The fourth-order valence-electron chi connectivity index (χ4n) is 3.70. The van der Waals surface area contributed by atoms with Crippen LogP contribution in [0.15, 0.2) is 34.8 Å². The van der Waals surface area contributed by atoms with Crippen molar-refractivity contribution in [2.75, 3.05) is 13.1 Å². The van der Waals surface area contributed by atoms with Crippen molar-refractivity contribution >= 4 is 34.2 Å². The Balaban J connectivity index is 0.00000169. The zero-order chi connectivity index (χ0) is 15.8. The van der Waals surface area contributed by atoms with Crippen LogP contribution in [0, 0.1) is 0 Å². The summed E-state index contributed by atoms with van der Waals surface area (Å²) in [6.45, 7) is 1.88. The van der Waals surface area contributed by atoms with Gasteiger partial charge < -0.3 is 10.2 Å². The Bertz CT molecular complexity index is 707. The highest BCUT2D eigenvalue weighted by molar-refractivity contribution is 9.10. The van der Waals surface area contributed by atoms with E-state index in [2.05, 4.69) is 36.3 Å². The van der Waals surface area contributed by atoms with E-state index >= 15 is 0 Å². The van der Waals surface area contributed by atoms with E-state index in [0.29, 0.717) is 17.8 Å². The number of hydrogen-bond donors (Lipinski definition) is 2. The second kappa shape index (κ2) is 7.25. The molecule has 1 amide bonds. The highest BCUT2D eigenvalue weighted by Crippen LogP contribution is 2.33. The molecule has 2 N–H and O–H groups in total. The van der Waals surface area contributed by atoms with Crippen LogP contribution in [0.1, 0.15) is 29.8 Å². The van der Waals surface area contributed by atoms with Gasteiger partial charge >= 0.3 is 0 Å². The van der Waals surface area contributed by atoms with Crippen LogP contribution in [0.25, 0.3) is 11.3 Å². The summed E-state index contributed by atoms with van der Waals surface area (Å²) in [5.41, 5.74) is 2.34. The predicted octanol–water partition coefficient (Wildman–Crippen LogP) is 3.23. The van der Waals surface area contributed by atoms with Crippen molar-refractivity contribution in [2.24, 2.45) is 0 Å². The SMILES string of the molecule is Cl.O=C(c1[nH]nc(-c2ccccc2)c1Br)N1C2CCNCC1CC2. The molecule has 2 unspecified atom stereocenters. The monoisotopic (exact) mass is 410 g/mol. The number of halogens is 2. The molecule has 2 aliphatic heterocycles. The lowest BCUT2D eigenvalue weighted by atomic mass is 10.1. The largest absolute Gasteiger partial charge is 0.330 e. The smallest absolute Gasteiger partial charge is 0.273 e. The lowest BCUT2D eigenvalue weighted by Crippen LogP contribution is -2.42. The highest BCUT2D eigenvalue weighted by Gasteiger charge is 2.39. The van der Waals surface area contributed by atoms with Crippen molar-refractivity contribution in [1.82, 2.24) is 20.4 Å². The summed E-state index contributed by atoms with van der Waals surface area (Å²) in [5.74, 6) is 0.0581. The fraction of sp³-hybridized carbons (Fsp3) is 0.412. The standard InChI is InChI=1S/C17H19BrN4O.ClH/c18-14-15(11-4-2-1-3-5-11)20-21-16(14)17(23)22-12-6-7-13(22)10-19-9-8-12;/h1-5,12-13,19H,6-10H2,(H,20,21);1H. The Morgan fingerprint density at radius 1 is 1.17 bits per heavy atom. The van der Waals surface area contributed by atoms with Gasteiger partial charge in [-0.15, -0.1) is 12.4 Å². The third kappa shape index (κ3) is 2.98. The first kappa shape index (κ1) is 17.5. The van der Waals surface area contributed by atoms with Crippen LogP contribution in [0.2, 0.25) is 0 Å². The van der Waals surface area contributed by atoms with Crippen molar-refractivity contribution in [3.8, 4) is 11.3 Å². The minimum atomic E-state index is 0. The molecule has 3 heterocycles. The number of hydrogen-bond acceptors (Lipinski definition) is 3. The van der Waals surface area contributed by atoms with E-state index in [1.165, 1.54) is 0 Å². The van der Waals surface area contributed by atoms with Gasteiger partial charge in [0.05, 0.1) is 4.47 Å². The normalized spacial score (nSPS) is 22.8. The molecule has 2 saturated heterocycles. The molecule has 7 heteroatoms.